The number of hydrogen-bond donors (Lipinski definition) is 3. The molecule has 120 valence electrons. The SMILES string of the molecule is Cc1nnc(NC(=O)CCCC[C@H]2SC[C@@H]3NC(=O)N[C@H]32)s1. The van der Waals surface area contributed by atoms with Crippen LogP contribution in [-0.2, 0) is 4.79 Å². The first-order valence-corrected chi connectivity index (χ1v) is 9.27. The lowest BCUT2D eigenvalue weighted by molar-refractivity contribution is -0.116. The van der Waals surface area contributed by atoms with E-state index in [0.29, 0.717) is 16.8 Å². The fourth-order valence-electron chi connectivity index (χ4n) is 2.80. The molecule has 3 rings (SSSR count). The summed E-state index contributed by atoms with van der Waals surface area (Å²) in [4.78, 5) is 23.1. The Morgan fingerprint density at radius 2 is 2.23 bits per heavy atom. The molecule has 22 heavy (non-hydrogen) atoms. The normalized spacial score (nSPS) is 26.4. The lowest BCUT2D eigenvalue weighted by Crippen LogP contribution is -2.36. The molecule has 0 aromatic carbocycles. The van der Waals surface area contributed by atoms with Crippen LogP contribution in [0.3, 0.4) is 0 Å². The van der Waals surface area contributed by atoms with Crippen LogP contribution in [0.25, 0.3) is 0 Å². The average Bonchev–Trinajstić information content (AvgIpc) is 3.12. The molecule has 3 N–H and O–H groups in total. The molecule has 1 aromatic rings. The summed E-state index contributed by atoms with van der Waals surface area (Å²) in [5.74, 6) is 0.967. The number of carbonyl (C=O) groups excluding carboxylic acids is 2. The molecule has 0 radical (unpaired) electrons. The minimum atomic E-state index is -0.0490. The first-order chi connectivity index (χ1) is 10.6. The first-order valence-electron chi connectivity index (χ1n) is 7.40. The molecule has 0 aliphatic carbocycles. The molecular weight excluding hydrogens is 322 g/mol. The highest BCUT2D eigenvalue weighted by Crippen LogP contribution is 2.33. The first kappa shape index (κ1) is 15.5. The zero-order valence-corrected chi connectivity index (χ0v) is 13.9. The number of unbranched alkanes of at least 4 members (excludes halogenated alkanes) is 1. The highest BCUT2D eigenvalue weighted by atomic mass is 32.2. The van der Waals surface area contributed by atoms with Crippen LogP contribution in [0.1, 0.15) is 30.7 Å². The van der Waals surface area contributed by atoms with Gasteiger partial charge in [0, 0.05) is 17.4 Å². The van der Waals surface area contributed by atoms with Gasteiger partial charge in [0.1, 0.15) is 5.01 Å². The second-order valence-corrected chi connectivity index (χ2v) is 8.00. The van der Waals surface area contributed by atoms with Crippen molar-refractivity contribution >= 4 is 40.2 Å². The number of aromatic nitrogens is 2. The third-order valence-electron chi connectivity index (χ3n) is 3.85. The van der Waals surface area contributed by atoms with E-state index < -0.39 is 0 Å². The van der Waals surface area contributed by atoms with Gasteiger partial charge in [-0.1, -0.05) is 17.8 Å². The topological polar surface area (TPSA) is 96.0 Å². The molecule has 0 unspecified atom stereocenters. The molecule has 3 amide bonds. The predicted molar refractivity (Wildman–Crippen MR) is 87.2 cm³/mol. The number of amides is 3. The van der Waals surface area contributed by atoms with Crippen molar-refractivity contribution in [3.8, 4) is 0 Å². The third kappa shape index (κ3) is 3.70. The van der Waals surface area contributed by atoms with Gasteiger partial charge in [0.05, 0.1) is 12.1 Å². The Kier molecular flexibility index (Phi) is 4.82. The summed E-state index contributed by atoms with van der Waals surface area (Å²) in [6.45, 7) is 1.86. The van der Waals surface area contributed by atoms with E-state index in [4.69, 9.17) is 0 Å². The molecule has 0 spiro atoms. The van der Waals surface area contributed by atoms with Gasteiger partial charge in [0.15, 0.2) is 0 Å². The van der Waals surface area contributed by atoms with E-state index in [1.54, 1.807) is 0 Å². The van der Waals surface area contributed by atoms with E-state index in [9.17, 15) is 9.59 Å². The van der Waals surface area contributed by atoms with Gasteiger partial charge in [-0.15, -0.1) is 10.2 Å². The molecule has 0 bridgehead atoms. The number of carbonyl (C=O) groups is 2. The molecule has 9 heteroatoms. The predicted octanol–water partition coefficient (Wildman–Crippen LogP) is 1.51. The maximum atomic E-state index is 11.8. The lowest BCUT2D eigenvalue weighted by Gasteiger charge is -2.16. The molecular formula is C13H19N5O2S2. The second-order valence-electron chi connectivity index (χ2n) is 5.54. The van der Waals surface area contributed by atoms with Gasteiger partial charge < -0.3 is 16.0 Å². The van der Waals surface area contributed by atoms with Gasteiger partial charge in [0.25, 0.3) is 0 Å². The maximum Gasteiger partial charge on any atom is 0.315 e. The van der Waals surface area contributed by atoms with Crippen LogP contribution in [0.5, 0.6) is 0 Å². The smallest absolute Gasteiger partial charge is 0.315 e. The van der Waals surface area contributed by atoms with Gasteiger partial charge in [-0.2, -0.15) is 11.8 Å². The van der Waals surface area contributed by atoms with E-state index in [0.717, 1.165) is 30.0 Å². The van der Waals surface area contributed by atoms with Crippen LogP contribution in [0, 0.1) is 6.92 Å². The lowest BCUT2D eigenvalue weighted by atomic mass is 10.0. The van der Waals surface area contributed by atoms with E-state index in [2.05, 4.69) is 26.1 Å². The van der Waals surface area contributed by atoms with Crippen LogP contribution >= 0.6 is 23.1 Å². The quantitative estimate of drug-likeness (QED) is 0.538. The average molecular weight is 341 g/mol. The van der Waals surface area contributed by atoms with Crippen molar-refractivity contribution in [3.63, 3.8) is 0 Å². The Hall–Kier alpha value is -1.35. The standard InChI is InChI=1S/C13H19N5O2S2/c1-7-17-18-13(22-7)15-10(19)5-3-2-4-9-11-8(6-21-9)14-12(20)16-11/h8-9,11H,2-6H2,1H3,(H2,14,16,20)(H,15,18,19)/t8-,9+,11+/m0/s1. The van der Waals surface area contributed by atoms with Gasteiger partial charge >= 0.3 is 6.03 Å². The number of nitrogens with one attached hydrogen (secondary N) is 3. The van der Waals surface area contributed by atoms with E-state index in [-0.39, 0.29) is 24.0 Å². The minimum absolute atomic E-state index is 0.0102. The highest BCUT2D eigenvalue weighted by Gasteiger charge is 2.42. The highest BCUT2D eigenvalue weighted by molar-refractivity contribution is 8.00. The number of rotatable bonds is 6. The fourth-order valence-corrected chi connectivity index (χ4v) is 4.95. The monoisotopic (exact) mass is 341 g/mol. The van der Waals surface area contributed by atoms with Crippen molar-refractivity contribution in [3.05, 3.63) is 5.01 Å². The molecule has 1 aromatic heterocycles. The van der Waals surface area contributed by atoms with Crippen molar-refractivity contribution in [2.75, 3.05) is 11.1 Å². The van der Waals surface area contributed by atoms with Gasteiger partial charge in [-0.05, 0) is 19.8 Å². The summed E-state index contributed by atoms with van der Waals surface area (Å²) >= 11 is 3.29. The van der Waals surface area contributed by atoms with E-state index in [1.807, 2.05) is 18.7 Å². The number of aryl methyl sites for hydroxylation is 1. The summed E-state index contributed by atoms with van der Waals surface area (Å²) in [5, 5.41) is 18.3. The maximum absolute atomic E-state index is 11.8. The minimum Gasteiger partial charge on any atom is -0.332 e. The Labute approximate surface area is 137 Å². The molecule has 3 heterocycles. The van der Waals surface area contributed by atoms with Crippen molar-refractivity contribution < 1.29 is 9.59 Å². The summed E-state index contributed by atoms with van der Waals surface area (Å²) in [6.07, 6.45) is 3.35. The van der Waals surface area contributed by atoms with E-state index in [1.165, 1.54) is 11.3 Å². The Bertz CT molecular complexity index is 564. The van der Waals surface area contributed by atoms with Crippen LogP contribution in [0.15, 0.2) is 0 Å². The Balaban J connectivity index is 1.34. The Morgan fingerprint density at radius 1 is 1.36 bits per heavy atom. The van der Waals surface area contributed by atoms with Crippen LogP contribution in [0.2, 0.25) is 0 Å². The molecule has 7 nitrogen and oxygen atoms in total. The van der Waals surface area contributed by atoms with Gasteiger partial charge in [-0.3, -0.25) is 4.79 Å². The second kappa shape index (κ2) is 6.82. The fraction of sp³-hybridized carbons (Fsp3) is 0.692. The number of hydrogen-bond acceptors (Lipinski definition) is 6. The van der Waals surface area contributed by atoms with Gasteiger partial charge in [0.2, 0.25) is 11.0 Å². The molecule has 2 fully saturated rings. The number of anilines is 1. The van der Waals surface area contributed by atoms with Crippen molar-refractivity contribution in [1.29, 1.82) is 0 Å². The van der Waals surface area contributed by atoms with Crippen molar-refractivity contribution in [2.24, 2.45) is 0 Å². The molecule has 2 aliphatic heterocycles. The third-order valence-corrected chi connectivity index (χ3v) is 6.12. The van der Waals surface area contributed by atoms with Crippen LogP contribution in [0.4, 0.5) is 9.93 Å². The molecule has 0 saturated carbocycles. The molecule has 2 aliphatic rings. The number of fused-ring (bicyclic) bond motifs is 1. The van der Waals surface area contributed by atoms with E-state index >= 15 is 0 Å². The van der Waals surface area contributed by atoms with Crippen molar-refractivity contribution in [1.82, 2.24) is 20.8 Å². The molecule has 3 atom stereocenters. The molecule has 2 saturated heterocycles. The number of nitrogens with zero attached hydrogens (tertiary/aromatic N) is 2. The Morgan fingerprint density at radius 3 is 3.00 bits per heavy atom. The summed E-state index contributed by atoms with van der Waals surface area (Å²) in [6, 6.07) is 0.467. The van der Waals surface area contributed by atoms with Crippen molar-refractivity contribution in [2.45, 2.75) is 49.9 Å². The van der Waals surface area contributed by atoms with Crippen LogP contribution in [-0.4, -0.2) is 45.2 Å². The largest absolute Gasteiger partial charge is 0.332 e. The zero-order valence-electron chi connectivity index (χ0n) is 12.3. The van der Waals surface area contributed by atoms with Gasteiger partial charge in [-0.25, -0.2) is 4.79 Å². The number of thioether (sulfide) groups is 1. The zero-order chi connectivity index (χ0) is 15.5. The summed E-state index contributed by atoms with van der Waals surface area (Å²) in [7, 11) is 0. The summed E-state index contributed by atoms with van der Waals surface area (Å²) in [5.41, 5.74) is 0. The summed E-state index contributed by atoms with van der Waals surface area (Å²) < 4.78 is 0. The van der Waals surface area contributed by atoms with Crippen LogP contribution < -0.4 is 16.0 Å². The number of urea groups is 1.